The number of nitrogens with zero attached hydrogens (tertiary/aromatic N) is 1. The van der Waals surface area contributed by atoms with Gasteiger partial charge in [-0.05, 0) is 31.5 Å². The van der Waals surface area contributed by atoms with Crippen LogP contribution in [-0.2, 0) is 6.54 Å². The number of amides is 2. The van der Waals surface area contributed by atoms with Crippen molar-refractivity contribution in [1.29, 1.82) is 0 Å². The van der Waals surface area contributed by atoms with Gasteiger partial charge in [-0.2, -0.15) is 0 Å². The molecule has 0 atom stereocenters. The topological polar surface area (TPSA) is 32.3 Å². The maximum Gasteiger partial charge on any atom is 0.317 e. The number of hydrogen-bond donors (Lipinski definition) is 1. The number of urea groups is 1. The molecule has 0 heterocycles. The molecule has 0 fully saturated rings. The number of rotatable bonds is 4. The summed E-state index contributed by atoms with van der Waals surface area (Å²) < 4.78 is 0. The Morgan fingerprint density at radius 1 is 1.25 bits per heavy atom. The van der Waals surface area contributed by atoms with Crippen LogP contribution in [0.5, 0.6) is 0 Å². The van der Waals surface area contributed by atoms with Crippen LogP contribution in [0, 0.1) is 0 Å². The van der Waals surface area contributed by atoms with Crippen LogP contribution < -0.4 is 5.32 Å². The van der Waals surface area contributed by atoms with E-state index in [1.165, 1.54) is 0 Å². The van der Waals surface area contributed by atoms with Crippen LogP contribution in [0.15, 0.2) is 24.3 Å². The highest BCUT2D eigenvalue weighted by molar-refractivity contribution is 6.30. The zero-order valence-corrected chi connectivity index (χ0v) is 10.4. The van der Waals surface area contributed by atoms with E-state index in [1.54, 1.807) is 4.90 Å². The lowest BCUT2D eigenvalue weighted by Crippen LogP contribution is -2.39. The van der Waals surface area contributed by atoms with Gasteiger partial charge in [0.05, 0.1) is 0 Å². The van der Waals surface area contributed by atoms with Gasteiger partial charge in [0.25, 0.3) is 0 Å². The van der Waals surface area contributed by atoms with Gasteiger partial charge < -0.3 is 10.2 Å². The normalized spacial score (nSPS) is 9.94. The Bertz CT molecular complexity index is 333. The van der Waals surface area contributed by atoms with Gasteiger partial charge in [0.2, 0.25) is 0 Å². The van der Waals surface area contributed by atoms with Gasteiger partial charge in [-0.25, -0.2) is 4.79 Å². The van der Waals surface area contributed by atoms with Crippen LogP contribution in [0.25, 0.3) is 0 Å². The molecule has 1 aromatic rings. The Kier molecular flexibility index (Phi) is 5.12. The standard InChI is InChI=1S/C12H17ClN2O/c1-3-15(4-2)12(16)14-9-10-5-7-11(13)8-6-10/h5-8H,3-4,9H2,1-2H3,(H,14,16). The number of hydrogen-bond acceptors (Lipinski definition) is 1. The highest BCUT2D eigenvalue weighted by atomic mass is 35.5. The lowest BCUT2D eigenvalue weighted by atomic mass is 10.2. The third kappa shape index (κ3) is 3.74. The predicted molar refractivity (Wildman–Crippen MR) is 66.6 cm³/mol. The fraction of sp³-hybridized carbons (Fsp3) is 0.417. The molecule has 0 aliphatic rings. The number of carbonyl (C=O) groups excluding carboxylic acids is 1. The van der Waals surface area contributed by atoms with Crippen molar-refractivity contribution >= 4 is 17.6 Å². The van der Waals surface area contributed by atoms with Crippen molar-refractivity contribution in [3.8, 4) is 0 Å². The molecular formula is C12H17ClN2O. The number of halogens is 1. The summed E-state index contributed by atoms with van der Waals surface area (Å²) in [5.74, 6) is 0. The third-order valence-electron chi connectivity index (χ3n) is 2.41. The molecule has 4 heteroatoms. The minimum atomic E-state index is -0.0278. The molecule has 0 saturated carbocycles. The molecule has 0 aliphatic heterocycles. The van der Waals surface area contributed by atoms with Crippen molar-refractivity contribution in [2.24, 2.45) is 0 Å². The smallest absolute Gasteiger partial charge is 0.317 e. The SMILES string of the molecule is CCN(CC)C(=O)NCc1ccc(Cl)cc1. The first-order valence-electron chi connectivity index (χ1n) is 5.44. The fourth-order valence-electron chi connectivity index (χ4n) is 1.40. The second kappa shape index (κ2) is 6.38. The van der Waals surface area contributed by atoms with Crippen molar-refractivity contribution in [3.05, 3.63) is 34.9 Å². The highest BCUT2D eigenvalue weighted by Gasteiger charge is 2.07. The van der Waals surface area contributed by atoms with Crippen molar-refractivity contribution in [3.63, 3.8) is 0 Å². The lowest BCUT2D eigenvalue weighted by Gasteiger charge is -2.19. The van der Waals surface area contributed by atoms with E-state index in [0.717, 1.165) is 18.7 Å². The van der Waals surface area contributed by atoms with Crippen LogP contribution in [0.2, 0.25) is 5.02 Å². The summed E-state index contributed by atoms with van der Waals surface area (Å²) in [5, 5.41) is 3.57. The van der Waals surface area contributed by atoms with Crippen LogP contribution in [0.1, 0.15) is 19.4 Å². The van der Waals surface area contributed by atoms with E-state index < -0.39 is 0 Å². The number of carbonyl (C=O) groups is 1. The van der Waals surface area contributed by atoms with E-state index >= 15 is 0 Å². The molecule has 0 aromatic heterocycles. The van der Waals surface area contributed by atoms with Gasteiger partial charge >= 0.3 is 6.03 Å². The zero-order chi connectivity index (χ0) is 12.0. The van der Waals surface area contributed by atoms with Gasteiger partial charge in [0.15, 0.2) is 0 Å². The summed E-state index contributed by atoms with van der Waals surface area (Å²) >= 11 is 5.77. The Morgan fingerprint density at radius 2 is 1.81 bits per heavy atom. The van der Waals surface area contributed by atoms with Crippen molar-refractivity contribution < 1.29 is 4.79 Å². The average molecular weight is 241 g/mol. The second-order valence-electron chi connectivity index (χ2n) is 3.46. The van der Waals surface area contributed by atoms with E-state index in [9.17, 15) is 4.79 Å². The average Bonchev–Trinajstić information content (AvgIpc) is 2.30. The maximum absolute atomic E-state index is 11.6. The van der Waals surface area contributed by atoms with Crippen molar-refractivity contribution in [2.45, 2.75) is 20.4 Å². The Hall–Kier alpha value is -1.22. The fourth-order valence-corrected chi connectivity index (χ4v) is 1.53. The van der Waals surface area contributed by atoms with E-state index in [2.05, 4.69) is 5.32 Å². The van der Waals surface area contributed by atoms with Crippen LogP contribution in [0.4, 0.5) is 4.79 Å². The molecule has 1 aromatic carbocycles. The zero-order valence-electron chi connectivity index (χ0n) is 9.66. The minimum Gasteiger partial charge on any atom is -0.334 e. The molecule has 0 aliphatic carbocycles. The molecule has 88 valence electrons. The first-order chi connectivity index (χ1) is 7.67. The lowest BCUT2D eigenvalue weighted by molar-refractivity contribution is 0.203. The Morgan fingerprint density at radius 3 is 2.31 bits per heavy atom. The molecule has 2 amide bonds. The van der Waals surface area contributed by atoms with Crippen LogP contribution in [0.3, 0.4) is 0 Å². The molecule has 0 unspecified atom stereocenters. The highest BCUT2D eigenvalue weighted by Crippen LogP contribution is 2.09. The van der Waals surface area contributed by atoms with Crippen LogP contribution >= 0.6 is 11.6 Å². The first-order valence-corrected chi connectivity index (χ1v) is 5.82. The summed E-state index contributed by atoms with van der Waals surface area (Å²) in [6, 6.07) is 7.43. The summed E-state index contributed by atoms with van der Waals surface area (Å²) in [5.41, 5.74) is 1.05. The largest absolute Gasteiger partial charge is 0.334 e. The Balaban J connectivity index is 2.45. The molecule has 0 saturated heterocycles. The number of nitrogens with one attached hydrogen (secondary N) is 1. The summed E-state index contributed by atoms with van der Waals surface area (Å²) in [7, 11) is 0. The van der Waals surface area contributed by atoms with Gasteiger partial charge in [-0.1, -0.05) is 23.7 Å². The van der Waals surface area contributed by atoms with Gasteiger partial charge in [-0.3, -0.25) is 0 Å². The first kappa shape index (κ1) is 12.8. The molecule has 0 radical (unpaired) electrons. The predicted octanol–water partition coefficient (Wildman–Crippen LogP) is 2.89. The van der Waals surface area contributed by atoms with Gasteiger partial charge in [0, 0.05) is 24.7 Å². The van der Waals surface area contributed by atoms with Gasteiger partial charge in [0.1, 0.15) is 0 Å². The number of benzene rings is 1. The molecule has 0 spiro atoms. The van der Waals surface area contributed by atoms with Gasteiger partial charge in [-0.15, -0.1) is 0 Å². The Labute approximate surface area is 101 Å². The van der Waals surface area contributed by atoms with Crippen LogP contribution in [-0.4, -0.2) is 24.0 Å². The molecule has 1 rings (SSSR count). The summed E-state index contributed by atoms with van der Waals surface area (Å²) in [6.45, 7) is 5.91. The van der Waals surface area contributed by atoms with E-state index in [0.29, 0.717) is 11.6 Å². The van der Waals surface area contributed by atoms with Crippen molar-refractivity contribution in [2.75, 3.05) is 13.1 Å². The van der Waals surface area contributed by atoms with Crippen molar-refractivity contribution in [1.82, 2.24) is 10.2 Å². The molecule has 3 nitrogen and oxygen atoms in total. The van der Waals surface area contributed by atoms with E-state index in [-0.39, 0.29) is 6.03 Å². The third-order valence-corrected chi connectivity index (χ3v) is 2.66. The molecule has 0 bridgehead atoms. The minimum absolute atomic E-state index is 0.0278. The maximum atomic E-state index is 11.6. The second-order valence-corrected chi connectivity index (χ2v) is 3.89. The molecule has 16 heavy (non-hydrogen) atoms. The molecule has 1 N–H and O–H groups in total. The van der Waals surface area contributed by atoms with E-state index in [4.69, 9.17) is 11.6 Å². The molecular weight excluding hydrogens is 224 g/mol. The monoisotopic (exact) mass is 240 g/mol. The summed E-state index contributed by atoms with van der Waals surface area (Å²) in [6.07, 6.45) is 0. The summed E-state index contributed by atoms with van der Waals surface area (Å²) in [4.78, 5) is 13.4. The van der Waals surface area contributed by atoms with E-state index in [1.807, 2.05) is 38.1 Å². The quantitative estimate of drug-likeness (QED) is 0.863.